The molecule has 0 aliphatic heterocycles. The fraction of sp³-hybridized carbons (Fsp3) is 0.462. The van der Waals surface area contributed by atoms with Gasteiger partial charge >= 0.3 is 0 Å². The highest BCUT2D eigenvalue weighted by Crippen LogP contribution is 2.33. The molecule has 1 amide bonds. The summed E-state index contributed by atoms with van der Waals surface area (Å²) in [5, 5.41) is 12.3. The van der Waals surface area contributed by atoms with E-state index in [9.17, 15) is 4.79 Å². The topological polar surface area (TPSA) is 58.6 Å². The molecular formula is C13H16Cl3NO3S. The predicted octanol–water partition coefficient (Wildman–Crippen LogP) is 3.26. The molecular weight excluding hydrogens is 357 g/mol. The van der Waals surface area contributed by atoms with Crippen LogP contribution in [-0.4, -0.2) is 42.3 Å². The van der Waals surface area contributed by atoms with E-state index in [4.69, 9.17) is 44.6 Å². The first-order valence-corrected chi connectivity index (χ1v) is 8.56. The van der Waals surface area contributed by atoms with Gasteiger partial charge in [-0.1, -0.05) is 34.8 Å². The maximum atomic E-state index is 11.6. The molecule has 21 heavy (non-hydrogen) atoms. The summed E-state index contributed by atoms with van der Waals surface area (Å²) in [5.74, 6) is 1.75. The second-order valence-electron chi connectivity index (χ2n) is 4.02. The van der Waals surface area contributed by atoms with E-state index in [1.54, 1.807) is 11.8 Å². The first-order valence-electron chi connectivity index (χ1n) is 6.27. The summed E-state index contributed by atoms with van der Waals surface area (Å²) in [6.07, 6.45) is 0.761. The number of hydrogen-bond donors (Lipinski definition) is 2. The number of thioether (sulfide) groups is 1. The van der Waals surface area contributed by atoms with E-state index in [1.807, 2.05) is 0 Å². The summed E-state index contributed by atoms with van der Waals surface area (Å²) >= 11 is 19.3. The van der Waals surface area contributed by atoms with Gasteiger partial charge < -0.3 is 15.2 Å². The number of rotatable bonds is 9. The van der Waals surface area contributed by atoms with Gasteiger partial charge in [0.1, 0.15) is 5.75 Å². The average molecular weight is 373 g/mol. The zero-order valence-corrected chi connectivity index (χ0v) is 14.3. The van der Waals surface area contributed by atoms with Gasteiger partial charge in [-0.05, 0) is 18.2 Å². The third-order valence-corrected chi connectivity index (χ3v) is 4.44. The van der Waals surface area contributed by atoms with Crippen LogP contribution in [0.4, 0.5) is 0 Å². The Kier molecular flexibility index (Phi) is 9.27. The molecule has 0 unspecified atom stereocenters. The first kappa shape index (κ1) is 18.7. The maximum Gasteiger partial charge on any atom is 0.257 e. The Bertz CT molecular complexity index is 474. The van der Waals surface area contributed by atoms with Crippen LogP contribution < -0.4 is 10.1 Å². The summed E-state index contributed by atoms with van der Waals surface area (Å²) in [7, 11) is 0. The number of carbonyl (C=O) groups is 1. The van der Waals surface area contributed by atoms with E-state index in [2.05, 4.69) is 5.32 Å². The van der Waals surface area contributed by atoms with Crippen LogP contribution in [0.3, 0.4) is 0 Å². The molecule has 0 saturated heterocycles. The van der Waals surface area contributed by atoms with Gasteiger partial charge in [-0.15, -0.1) is 0 Å². The van der Waals surface area contributed by atoms with E-state index in [0.29, 0.717) is 27.4 Å². The van der Waals surface area contributed by atoms with Crippen LogP contribution in [0.15, 0.2) is 12.1 Å². The SMILES string of the molecule is O=C(COc1cc(Cl)c(Cl)cc1Cl)NCCSCCCO. The third kappa shape index (κ3) is 7.47. The van der Waals surface area contributed by atoms with Crippen LogP contribution in [0.5, 0.6) is 5.75 Å². The Balaban J connectivity index is 2.25. The number of ether oxygens (including phenoxy) is 1. The highest BCUT2D eigenvalue weighted by atomic mass is 35.5. The van der Waals surface area contributed by atoms with Gasteiger partial charge in [-0.3, -0.25) is 4.79 Å². The average Bonchev–Trinajstić information content (AvgIpc) is 2.45. The van der Waals surface area contributed by atoms with Crippen molar-refractivity contribution in [2.75, 3.05) is 31.3 Å². The maximum absolute atomic E-state index is 11.6. The highest BCUT2D eigenvalue weighted by Gasteiger charge is 2.09. The van der Waals surface area contributed by atoms with Gasteiger partial charge in [0.25, 0.3) is 5.91 Å². The van der Waals surface area contributed by atoms with Crippen LogP contribution in [-0.2, 0) is 4.79 Å². The standard InChI is InChI=1S/C13H16Cl3NO3S/c14-9-6-11(16)12(7-10(9)15)20-8-13(19)17-2-5-21-4-1-3-18/h6-7,18H,1-5,8H2,(H,17,19). The molecule has 1 aromatic rings. The molecule has 4 nitrogen and oxygen atoms in total. The highest BCUT2D eigenvalue weighted by molar-refractivity contribution is 7.99. The fourth-order valence-electron chi connectivity index (χ4n) is 1.34. The quantitative estimate of drug-likeness (QED) is 0.516. The normalized spacial score (nSPS) is 10.5. The largest absolute Gasteiger partial charge is 0.482 e. The van der Waals surface area contributed by atoms with Crippen LogP contribution in [0.25, 0.3) is 0 Å². The molecule has 1 rings (SSSR count). The van der Waals surface area contributed by atoms with Gasteiger partial charge in [-0.2, -0.15) is 11.8 Å². The van der Waals surface area contributed by atoms with E-state index < -0.39 is 0 Å². The monoisotopic (exact) mass is 371 g/mol. The lowest BCUT2D eigenvalue weighted by atomic mass is 10.3. The number of amides is 1. The molecule has 0 atom stereocenters. The van der Waals surface area contributed by atoms with E-state index in [0.717, 1.165) is 17.9 Å². The lowest BCUT2D eigenvalue weighted by Gasteiger charge is -2.09. The van der Waals surface area contributed by atoms with Gasteiger partial charge in [0, 0.05) is 25.0 Å². The summed E-state index contributed by atoms with van der Waals surface area (Å²) < 4.78 is 5.30. The van der Waals surface area contributed by atoms with E-state index in [-0.39, 0.29) is 19.1 Å². The molecule has 0 bridgehead atoms. The van der Waals surface area contributed by atoms with Crippen LogP contribution >= 0.6 is 46.6 Å². The van der Waals surface area contributed by atoms with Crippen LogP contribution in [0, 0.1) is 0 Å². The number of halogens is 3. The minimum absolute atomic E-state index is 0.140. The summed E-state index contributed by atoms with van der Waals surface area (Å²) in [4.78, 5) is 11.6. The number of nitrogens with one attached hydrogen (secondary N) is 1. The Morgan fingerprint density at radius 2 is 1.90 bits per heavy atom. The van der Waals surface area contributed by atoms with Crippen molar-refractivity contribution in [2.45, 2.75) is 6.42 Å². The lowest BCUT2D eigenvalue weighted by molar-refractivity contribution is -0.122. The third-order valence-electron chi connectivity index (χ3n) is 2.35. The Morgan fingerprint density at radius 3 is 2.62 bits per heavy atom. The van der Waals surface area contributed by atoms with Gasteiger partial charge in [0.15, 0.2) is 6.61 Å². The molecule has 118 valence electrons. The molecule has 0 aliphatic carbocycles. The lowest BCUT2D eigenvalue weighted by Crippen LogP contribution is -2.30. The van der Waals surface area contributed by atoms with Crippen LogP contribution in [0.1, 0.15) is 6.42 Å². The molecule has 8 heteroatoms. The zero-order chi connectivity index (χ0) is 15.7. The van der Waals surface area contributed by atoms with Crippen LogP contribution in [0.2, 0.25) is 15.1 Å². The van der Waals surface area contributed by atoms with Crippen molar-refractivity contribution in [2.24, 2.45) is 0 Å². The molecule has 0 heterocycles. The number of aliphatic hydroxyl groups is 1. The van der Waals surface area contributed by atoms with Crippen molar-refractivity contribution in [1.29, 1.82) is 0 Å². The zero-order valence-electron chi connectivity index (χ0n) is 11.2. The van der Waals surface area contributed by atoms with Gasteiger partial charge in [-0.25, -0.2) is 0 Å². The van der Waals surface area contributed by atoms with Crippen molar-refractivity contribution in [3.05, 3.63) is 27.2 Å². The molecule has 0 fully saturated rings. The van der Waals surface area contributed by atoms with Gasteiger partial charge in [0.05, 0.1) is 15.1 Å². The van der Waals surface area contributed by atoms with Gasteiger partial charge in [0.2, 0.25) is 0 Å². The molecule has 0 saturated carbocycles. The Hall–Kier alpha value is -0.330. The minimum atomic E-state index is -0.236. The smallest absolute Gasteiger partial charge is 0.257 e. The molecule has 0 aromatic heterocycles. The summed E-state index contributed by atoms with van der Waals surface area (Å²) in [6.45, 7) is 0.601. The molecule has 2 N–H and O–H groups in total. The molecule has 0 radical (unpaired) electrons. The number of aliphatic hydroxyl groups excluding tert-OH is 1. The minimum Gasteiger partial charge on any atom is -0.482 e. The Labute approximate surface area is 143 Å². The number of hydrogen-bond acceptors (Lipinski definition) is 4. The first-order chi connectivity index (χ1) is 10.0. The predicted molar refractivity (Wildman–Crippen MR) is 89.0 cm³/mol. The van der Waals surface area contributed by atoms with E-state index in [1.165, 1.54) is 12.1 Å². The molecule has 1 aromatic carbocycles. The summed E-state index contributed by atoms with van der Waals surface area (Å²) in [5.41, 5.74) is 0. The fourth-order valence-corrected chi connectivity index (χ4v) is 2.72. The molecule has 0 spiro atoms. The number of benzene rings is 1. The van der Waals surface area contributed by atoms with E-state index >= 15 is 0 Å². The van der Waals surface area contributed by atoms with Crippen molar-refractivity contribution in [3.8, 4) is 5.75 Å². The van der Waals surface area contributed by atoms with Crippen molar-refractivity contribution in [3.63, 3.8) is 0 Å². The second kappa shape index (κ2) is 10.4. The van der Waals surface area contributed by atoms with Crippen molar-refractivity contribution < 1.29 is 14.6 Å². The second-order valence-corrected chi connectivity index (χ2v) is 6.47. The van der Waals surface area contributed by atoms with Crippen molar-refractivity contribution >= 4 is 52.5 Å². The Morgan fingerprint density at radius 1 is 1.19 bits per heavy atom. The summed E-state index contributed by atoms with van der Waals surface area (Å²) in [6, 6.07) is 2.95. The number of carbonyl (C=O) groups excluding carboxylic acids is 1. The molecule has 0 aliphatic rings. The van der Waals surface area contributed by atoms with Crippen molar-refractivity contribution in [1.82, 2.24) is 5.32 Å².